The smallest absolute Gasteiger partial charge is 0.396 e. The van der Waals surface area contributed by atoms with E-state index >= 15 is 0 Å². The van der Waals surface area contributed by atoms with Gasteiger partial charge in [-0.15, -0.1) is 0 Å². The Balaban J connectivity index is 1.69. The van der Waals surface area contributed by atoms with Gasteiger partial charge in [-0.1, -0.05) is 24.3 Å². The number of hydrogen-bond acceptors (Lipinski definition) is 3. The van der Waals surface area contributed by atoms with Gasteiger partial charge in [-0.3, -0.25) is 9.59 Å². The van der Waals surface area contributed by atoms with Crippen LogP contribution in [0.5, 0.6) is 0 Å². The van der Waals surface area contributed by atoms with Crippen molar-refractivity contribution in [1.82, 2.24) is 10.6 Å². The molecule has 3 unspecified atom stereocenters. The number of rotatable bonds is 4. The fourth-order valence-electron chi connectivity index (χ4n) is 4.03. The van der Waals surface area contributed by atoms with Crippen molar-refractivity contribution in [3.05, 3.63) is 35.4 Å². The van der Waals surface area contributed by atoms with E-state index in [2.05, 4.69) is 5.32 Å². The van der Waals surface area contributed by atoms with E-state index in [1.807, 2.05) is 29.6 Å². The molecule has 5 nitrogen and oxygen atoms in total. The van der Waals surface area contributed by atoms with Gasteiger partial charge in [0, 0.05) is 6.61 Å². The number of fused-ring (bicyclic) bond motifs is 1. The molecule has 1 aliphatic heterocycles. The quantitative estimate of drug-likeness (QED) is 0.697. The third-order valence-electron chi connectivity index (χ3n) is 5.45. The molecular formula is C19H23F3N2O3. The zero-order valence-electron chi connectivity index (χ0n) is 14.8. The lowest BCUT2D eigenvalue weighted by Crippen LogP contribution is -2.54. The van der Waals surface area contributed by atoms with Crippen molar-refractivity contribution in [1.29, 1.82) is 0 Å². The summed E-state index contributed by atoms with van der Waals surface area (Å²) in [6, 6.07) is 5.46. The molecule has 1 aromatic carbocycles. The summed E-state index contributed by atoms with van der Waals surface area (Å²) in [5.74, 6) is -2.34. The Hall–Kier alpha value is -2.09. The molecule has 1 heterocycles. The van der Waals surface area contributed by atoms with Crippen molar-refractivity contribution in [2.75, 3.05) is 6.61 Å². The minimum atomic E-state index is -4.50. The van der Waals surface area contributed by atoms with Gasteiger partial charge < -0.3 is 15.7 Å². The second kappa shape index (κ2) is 7.88. The molecule has 2 aliphatic rings. The molecule has 1 aromatic rings. The molecule has 3 N–H and O–H groups in total. The lowest BCUT2D eigenvalue weighted by Gasteiger charge is -2.34. The third-order valence-corrected chi connectivity index (χ3v) is 5.45. The maximum Gasteiger partial charge on any atom is 0.408 e. The molecule has 0 saturated carbocycles. The highest BCUT2D eigenvalue weighted by Gasteiger charge is 2.46. The summed E-state index contributed by atoms with van der Waals surface area (Å²) in [6.07, 6.45) is -2.89. The number of aliphatic hydroxyl groups is 1. The zero-order chi connectivity index (χ0) is 19.6. The second-order valence-corrected chi connectivity index (χ2v) is 7.31. The highest BCUT2D eigenvalue weighted by molar-refractivity contribution is 6.01. The van der Waals surface area contributed by atoms with Gasteiger partial charge in [-0.05, 0) is 49.1 Å². The summed E-state index contributed by atoms with van der Waals surface area (Å²) in [6.45, 7) is 0.0529. The Kier molecular flexibility index (Phi) is 5.74. The Morgan fingerprint density at radius 2 is 2.00 bits per heavy atom. The van der Waals surface area contributed by atoms with Gasteiger partial charge in [-0.2, -0.15) is 13.2 Å². The third kappa shape index (κ3) is 4.43. The molecule has 4 atom stereocenters. The predicted molar refractivity (Wildman–Crippen MR) is 91.5 cm³/mol. The van der Waals surface area contributed by atoms with Crippen molar-refractivity contribution >= 4 is 11.8 Å². The first-order chi connectivity index (χ1) is 12.8. The van der Waals surface area contributed by atoms with E-state index in [1.165, 1.54) is 0 Å². The first-order valence-corrected chi connectivity index (χ1v) is 9.15. The van der Waals surface area contributed by atoms with Crippen LogP contribution in [-0.4, -0.2) is 35.7 Å². The molecule has 1 saturated heterocycles. The van der Waals surface area contributed by atoms with Gasteiger partial charge in [0.05, 0.1) is 6.04 Å². The normalized spacial score (nSPS) is 28.2. The fourth-order valence-corrected chi connectivity index (χ4v) is 4.03. The summed E-state index contributed by atoms with van der Waals surface area (Å²) in [4.78, 5) is 24.6. The van der Waals surface area contributed by atoms with Gasteiger partial charge in [-0.25, -0.2) is 0 Å². The Labute approximate surface area is 155 Å². The minimum Gasteiger partial charge on any atom is -0.396 e. The van der Waals surface area contributed by atoms with Crippen molar-refractivity contribution in [2.24, 2.45) is 11.8 Å². The monoisotopic (exact) mass is 384 g/mol. The number of piperidine rings is 1. The largest absolute Gasteiger partial charge is 0.408 e. The maximum atomic E-state index is 12.8. The van der Waals surface area contributed by atoms with Crippen LogP contribution in [0.1, 0.15) is 42.9 Å². The van der Waals surface area contributed by atoms with Crippen LogP contribution in [0.3, 0.4) is 0 Å². The molecule has 1 aliphatic carbocycles. The molecule has 148 valence electrons. The zero-order valence-corrected chi connectivity index (χ0v) is 14.8. The number of amides is 2. The molecule has 8 heteroatoms. The highest BCUT2D eigenvalue weighted by Crippen LogP contribution is 2.35. The number of alkyl halides is 3. The van der Waals surface area contributed by atoms with E-state index in [0.717, 1.165) is 17.5 Å². The number of aliphatic hydroxyl groups excluding tert-OH is 1. The van der Waals surface area contributed by atoms with Crippen LogP contribution in [0.25, 0.3) is 0 Å². The number of halogens is 3. The molecule has 1 fully saturated rings. The molecular weight excluding hydrogens is 361 g/mol. The molecule has 0 bridgehead atoms. The van der Waals surface area contributed by atoms with E-state index in [0.29, 0.717) is 12.8 Å². The topological polar surface area (TPSA) is 78.4 Å². The van der Waals surface area contributed by atoms with Gasteiger partial charge in [0.1, 0.15) is 12.0 Å². The summed E-state index contributed by atoms with van der Waals surface area (Å²) in [5, 5.41) is 14.0. The number of nitrogens with one attached hydrogen (secondary N) is 2. The summed E-state index contributed by atoms with van der Waals surface area (Å²) in [7, 11) is 0. The van der Waals surface area contributed by atoms with Crippen molar-refractivity contribution in [3.63, 3.8) is 0 Å². The Morgan fingerprint density at radius 1 is 1.26 bits per heavy atom. The first-order valence-electron chi connectivity index (χ1n) is 9.15. The van der Waals surface area contributed by atoms with Crippen LogP contribution < -0.4 is 10.6 Å². The standard InChI is InChI=1S/C19H23F3N2O3/c20-19(21,22)16-6-5-14(18(27)24-16)17(26)23-15-10-11(7-8-25)9-12-3-1-2-4-13(12)15/h1-4,11,14-16,25H,5-10H2,(H,23,26)(H,24,27)/t11-,14?,15?,16?/m1/s1. The Bertz CT molecular complexity index is 708. The van der Waals surface area contributed by atoms with Gasteiger partial charge in [0.25, 0.3) is 0 Å². The lowest BCUT2D eigenvalue weighted by atomic mass is 9.79. The lowest BCUT2D eigenvalue weighted by molar-refractivity contribution is -0.171. The average molecular weight is 384 g/mol. The van der Waals surface area contributed by atoms with Crippen LogP contribution in [-0.2, 0) is 16.0 Å². The fraction of sp³-hybridized carbons (Fsp3) is 0.579. The predicted octanol–water partition coefficient (Wildman–Crippen LogP) is 2.25. The molecule has 27 heavy (non-hydrogen) atoms. The molecule has 0 aromatic heterocycles. The maximum absolute atomic E-state index is 12.8. The van der Waals surface area contributed by atoms with E-state index in [9.17, 15) is 27.9 Å². The summed E-state index contributed by atoms with van der Waals surface area (Å²) in [5.41, 5.74) is 2.04. The van der Waals surface area contributed by atoms with E-state index in [-0.39, 0.29) is 31.4 Å². The SMILES string of the molecule is O=C(NC1C[C@H](CCO)Cc2ccccc21)C1CCC(C(F)(F)F)NC1=O. The number of benzene rings is 1. The molecule has 0 spiro atoms. The van der Waals surface area contributed by atoms with Gasteiger partial charge >= 0.3 is 6.18 Å². The van der Waals surface area contributed by atoms with Crippen molar-refractivity contribution in [3.8, 4) is 0 Å². The van der Waals surface area contributed by atoms with Crippen LogP contribution >= 0.6 is 0 Å². The number of hydrogen-bond donors (Lipinski definition) is 3. The average Bonchev–Trinajstić information content (AvgIpc) is 2.61. The molecule has 0 radical (unpaired) electrons. The molecule has 3 rings (SSSR count). The first kappa shape index (κ1) is 19.7. The van der Waals surface area contributed by atoms with E-state index in [1.54, 1.807) is 0 Å². The van der Waals surface area contributed by atoms with Crippen LogP contribution in [0.2, 0.25) is 0 Å². The minimum absolute atomic E-state index is 0.0529. The van der Waals surface area contributed by atoms with E-state index in [4.69, 9.17) is 0 Å². The Morgan fingerprint density at radius 3 is 2.67 bits per heavy atom. The van der Waals surface area contributed by atoms with Gasteiger partial charge in [0.2, 0.25) is 11.8 Å². The molecule has 2 amide bonds. The summed E-state index contributed by atoms with van der Waals surface area (Å²) >= 11 is 0. The van der Waals surface area contributed by atoms with Crippen LogP contribution in [0.4, 0.5) is 13.2 Å². The van der Waals surface area contributed by atoms with Gasteiger partial charge in [0.15, 0.2) is 0 Å². The number of carbonyl (C=O) groups is 2. The number of carbonyl (C=O) groups excluding carboxylic acids is 2. The second-order valence-electron chi connectivity index (χ2n) is 7.31. The van der Waals surface area contributed by atoms with E-state index < -0.39 is 30.0 Å². The highest BCUT2D eigenvalue weighted by atomic mass is 19.4. The summed E-state index contributed by atoms with van der Waals surface area (Å²) < 4.78 is 38.3. The van der Waals surface area contributed by atoms with Crippen molar-refractivity contribution < 1.29 is 27.9 Å². The van der Waals surface area contributed by atoms with Crippen molar-refractivity contribution in [2.45, 2.75) is 50.4 Å². The van der Waals surface area contributed by atoms with Crippen LogP contribution in [0.15, 0.2) is 24.3 Å². The van der Waals surface area contributed by atoms with Crippen LogP contribution in [0, 0.1) is 11.8 Å².